The van der Waals surface area contributed by atoms with E-state index in [0.29, 0.717) is 12.5 Å². The highest BCUT2D eigenvalue weighted by Gasteiger charge is 2.24. The van der Waals surface area contributed by atoms with Crippen molar-refractivity contribution in [2.45, 2.75) is 6.42 Å². The van der Waals surface area contributed by atoms with Crippen molar-refractivity contribution < 1.29 is 9.90 Å². The SMILES string of the molecule is CNN1CCCN(CC(=O)O)/C1=N/N. The van der Waals surface area contributed by atoms with Gasteiger partial charge in [0.1, 0.15) is 6.54 Å². The molecule has 80 valence electrons. The minimum atomic E-state index is -0.885. The molecule has 4 N–H and O–H groups in total. The molecular weight excluding hydrogens is 186 g/mol. The number of carbonyl (C=O) groups is 1. The normalized spacial score (nSPS) is 20.2. The molecule has 7 heteroatoms. The molecule has 0 aromatic carbocycles. The molecule has 1 heterocycles. The first-order valence-electron chi connectivity index (χ1n) is 4.38. The third-order valence-corrected chi connectivity index (χ3v) is 2.05. The zero-order valence-electron chi connectivity index (χ0n) is 8.10. The molecular formula is C7H15N5O2. The van der Waals surface area contributed by atoms with Gasteiger partial charge in [-0.2, -0.15) is 0 Å². The van der Waals surface area contributed by atoms with E-state index in [2.05, 4.69) is 10.5 Å². The van der Waals surface area contributed by atoms with Crippen molar-refractivity contribution in [2.24, 2.45) is 10.9 Å². The van der Waals surface area contributed by atoms with Crippen LogP contribution in [0.1, 0.15) is 6.42 Å². The molecule has 0 aromatic heterocycles. The molecule has 0 saturated carbocycles. The standard InChI is InChI=1S/C7H15N5O2/c1-9-12-4-2-3-11(5-6(13)14)7(12)10-8/h9H,2-5,8H2,1H3,(H,13,14)/b10-7-. The summed E-state index contributed by atoms with van der Waals surface area (Å²) >= 11 is 0. The number of hydrazone groups is 1. The third-order valence-electron chi connectivity index (χ3n) is 2.05. The van der Waals surface area contributed by atoms with Crippen molar-refractivity contribution in [1.29, 1.82) is 0 Å². The largest absolute Gasteiger partial charge is 0.480 e. The zero-order chi connectivity index (χ0) is 10.6. The Morgan fingerprint density at radius 1 is 1.71 bits per heavy atom. The van der Waals surface area contributed by atoms with Crippen LogP contribution in [0.5, 0.6) is 0 Å². The van der Waals surface area contributed by atoms with E-state index in [4.69, 9.17) is 10.9 Å². The van der Waals surface area contributed by atoms with E-state index >= 15 is 0 Å². The van der Waals surface area contributed by atoms with Crippen LogP contribution in [0.25, 0.3) is 0 Å². The molecule has 1 fully saturated rings. The Morgan fingerprint density at radius 2 is 2.43 bits per heavy atom. The van der Waals surface area contributed by atoms with Gasteiger partial charge in [0, 0.05) is 20.1 Å². The topological polar surface area (TPSA) is 94.2 Å². The van der Waals surface area contributed by atoms with Crippen LogP contribution in [0.2, 0.25) is 0 Å². The van der Waals surface area contributed by atoms with Crippen LogP contribution in [-0.4, -0.2) is 53.6 Å². The van der Waals surface area contributed by atoms with Gasteiger partial charge in [0.15, 0.2) is 0 Å². The lowest BCUT2D eigenvalue weighted by atomic mass is 10.3. The van der Waals surface area contributed by atoms with Crippen LogP contribution in [0.3, 0.4) is 0 Å². The summed E-state index contributed by atoms with van der Waals surface area (Å²) in [4.78, 5) is 12.2. The van der Waals surface area contributed by atoms with Gasteiger partial charge in [-0.3, -0.25) is 9.80 Å². The first-order valence-corrected chi connectivity index (χ1v) is 4.38. The fourth-order valence-electron chi connectivity index (χ4n) is 1.47. The molecule has 1 aliphatic heterocycles. The number of nitrogens with two attached hydrogens (primary N) is 1. The van der Waals surface area contributed by atoms with E-state index in [-0.39, 0.29) is 6.54 Å². The molecule has 0 aliphatic carbocycles. The van der Waals surface area contributed by atoms with Gasteiger partial charge in [0.25, 0.3) is 0 Å². The predicted octanol–water partition coefficient (Wildman–Crippen LogP) is -1.56. The lowest BCUT2D eigenvalue weighted by Crippen LogP contribution is -2.56. The molecule has 1 rings (SSSR count). The highest BCUT2D eigenvalue weighted by atomic mass is 16.4. The van der Waals surface area contributed by atoms with Crippen LogP contribution < -0.4 is 11.3 Å². The third kappa shape index (κ3) is 2.25. The number of aliphatic carboxylic acids is 1. The van der Waals surface area contributed by atoms with Gasteiger partial charge in [-0.1, -0.05) is 0 Å². The maximum atomic E-state index is 10.5. The van der Waals surface area contributed by atoms with Gasteiger partial charge in [0.2, 0.25) is 5.96 Å². The molecule has 0 unspecified atom stereocenters. The van der Waals surface area contributed by atoms with E-state index in [1.165, 1.54) is 0 Å². The maximum absolute atomic E-state index is 10.5. The van der Waals surface area contributed by atoms with Crippen molar-refractivity contribution >= 4 is 11.9 Å². The van der Waals surface area contributed by atoms with Crippen LogP contribution >= 0.6 is 0 Å². The van der Waals surface area contributed by atoms with Gasteiger partial charge in [-0.25, -0.2) is 5.43 Å². The van der Waals surface area contributed by atoms with Gasteiger partial charge < -0.3 is 15.8 Å². The number of nitrogens with one attached hydrogen (secondary N) is 1. The van der Waals surface area contributed by atoms with Gasteiger partial charge in [-0.05, 0) is 6.42 Å². The Bertz CT molecular complexity index is 242. The monoisotopic (exact) mass is 201 g/mol. The molecule has 0 amide bonds. The fourth-order valence-corrected chi connectivity index (χ4v) is 1.47. The number of carboxylic acid groups (broad SMARTS) is 1. The Morgan fingerprint density at radius 3 is 2.93 bits per heavy atom. The second-order valence-corrected chi connectivity index (χ2v) is 2.97. The number of carboxylic acids is 1. The van der Waals surface area contributed by atoms with Crippen LogP contribution in [0.4, 0.5) is 0 Å². The van der Waals surface area contributed by atoms with Crippen molar-refractivity contribution in [3.63, 3.8) is 0 Å². The number of hydrogen-bond donors (Lipinski definition) is 3. The van der Waals surface area contributed by atoms with E-state index in [1.54, 1.807) is 17.0 Å². The van der Waals surface area contributed by atoms with Crippen molar-refractivity contribution in [3.05, 3.63) is 0 Å². The molecule has 0 radical (unpaired) electrons. The predicted molar refractivity (Wildman–Crippen MR) is 51.2 cm³/mol. The van der Waals surface area contributed by atoms with Crippen LogP contribution in [0, 0.1) is 0 Å². The zero-order valence-corrected chi connectivity index (χ0v) is 8.10. The lowest BCUT2D eigenvalue weighted by molar-refractivity contribution is -0.137. The van der Waals surface area contributed by atoms with Crippen molar-refractivity contribution in [2.75, 3.05) is 26.7 Å². The summed E-state index contributed by atoms with van der Waals surface area (Å²) in [5, 5.41) is 14.0. The smallest absolute Gasteiger partial charge is 0.323 e. The molecule has 0 aromatic rings. The van der Waals surface area contributed by atoms with Crippen molar-refractivity contribution in [3.8, 4) is 0 Å². The van der Waals surface area contributed by atoms with E-state index in [1.807, 2.05) is 0 Å². The van der Waals surface area contributed by atoms with Crippen LogP contribution in [-0.2, 0) is 4.79 Å². The molecule has 0 spiro atoms. The van der Waals surface area contributed by atoms with Gasteiger partial charge in [-0.15, -0.1) is 5.10 Å². The summed E-state index contributed by atoms with van der Waals surface area (Å²) in [7, 11) is 1.75. The highest BCUT2D eigenvalue weighted by Crippen LogP contribution is 2.05. The number of hydrazine groups is 1. The minimum absolute atomic E-state index is 0.0752. The summed E-state index contributed by atoms with van der Waals surface area (Å²) in [5.74, 6) is 4.80. The quantitative estimate of drug-likeness (QED) is 0.378. The number of hydrogen-bond acceptors (Lipinski definition) is 4. The maximum Gasteiger partial charge on any atom is 0.323 e. The second kappa shape index (κ2) is 4.66. The first-order chi connectivity index (χ1) is 6.69. The van der Waals surface area contributed by atoms with E-state index < -0.39 is 5.97 Å². The van der Waals surface area contributed by atoms with Gasteiger partial charge in [0.05, 0.1) is 0 Å². The van der Waals surface area contributed by atoms with E-state index in [9.17, 15) is 4.79 Å². The summed E-state index contributed by atoms with van der Waals surface area (Å²) in [6, 6.07) is 0. The molecule has 0 atom stereocenters. The number of guanidine groups is 1. The summed E-state index contributed by atoms with van der Waals surface area (Å²) in [6.07, 6.45) is 0.882. The van der Waals surface area contributed by atoms with Gasteiger partial charge >= 0.3 is 5.97 Å². The molecule has 1 aliphatic rings. The molecule has 0 bridgehead atoms. The molecule has 1 saturated heterocycles. The fraction of sp³-hybridized carbons (Fsp3) is 0.714. The average molecular weight is 201 g/mol. The van der Waals surface area contributed by atoms with Crippen LogP contribution in [0.15, 0.2) is 5.10 Å². The molecule has 7 nitrogen and oxygen atoms in total. The Hall–Kier alpha value is -1.50. The number of rotatable bonds is 3. The Kier molecular flexibility index (Phi) is 3.52. The highest BCUT2D eigenvalue weighted by molar-refractivity contribution is 5.84. The summed E-state index contributed by atoms with van der Waals surface area (Å²) in [5.41, 5.74) is 2.90. The van der Waals surface area contributed by atoms with Crippen molar-refractivity contribution in [1.82, 2.24) is 15.3 Å². The Balaban J connectivity index is 2.69. The summed E-state index contributed by atoms with van der Waals surface area (Å²) < 4.78 is 0. The second-order valence-electron chi connectivity index (χ2n) is 2.97. The van der Waals surface area contributed by atoms with E-state index in [0.717, 1.165) is 13.0 Å². The minimum Gasteiger partial charge on any atom is -0.480 e. The number of nitrogens with zero attached hydrogens (tertiary/aromatic N) is 3. The Labute approximate surface area is 82.1 Å². The first kappa shape index (κ1) is 10.6. The molecule has 14 heavy (non-hydrogen) atoms. The lowest BCUT2D eigenvalue weighted by Gasteiger charge is -2.36. The average Bonchev–Trinajstić information content (AvgIpc) is 2.16. The summed E-state index contributed by atoms with van der Waals surface area (Å²) in [6.45, 7) is 1.37.